The maximum absolute atomic E-state index is 13.1. The van der Waals surface area contributed by atoms with Crippen molar-refractivity contribution >= 4 is 28.7 Å². The van der Waals surface area contributed by atoms with Gasteiger partial charge in [0.15, 0.2) is 5.16 Å². The summed E-state index contributed by atoms with van der Waals surface area (Å²) in [6.07, 6.45) is 3.38. The van der Waals surface area contributed by atoms with Gasteiger partial charge in [-0.05, 0) is 18.2 Å². The van der Waals surface area contributed by atoms with Gasteiger partial charge in [0.25, 0.3) is 0 Å². The van der Waals surface area contributed by atoms with Gasteiger partial charge in [-0.2, -0.15) is 0 Å². The number of thioether (sulfide) groups is 1. The number of aromatic nitrogens is 4. The first-order valence-corrected chi connectivity index (χ1v) is 11.1. The van der Waals surface area contributed by atoms with Crippen LogP contribution in [0, 0.1) is 0 Å². The van der Waals surface area contributed by atoms with Crippen LogP contribution in [0.25, 0.3) is 11.0 Å². The molecule has 1 aliphatic heterocycles. The number of amides is 1. The third kappa shape index (κ3) is 5.16. The van der Waals surface area contributed by atoms with Crippen molar-refractivity contribution in [3.05, 3.63) is 48.5 Å². The van der Waals surface area contributed by atoms with E-state index in [4.69, 9.17) is 9.72 Å². The monoisotopic (exact) mass is 426 g/mol. The van der Waals surface area contributed by atoms with E-state index in [-0.39, 0.29) is 5.91 Å². The average Bonchev–Trinajstić information content (AvgIpc) is 3.11. The molecule has 1 saturated heterocycles. The van der Waals surface area contributed by atoms with Gasteiger partial charge in [-0.25, -0.2) is 15.0 Å². The molecule has 1 aliphatic rings. The Morgan fingerprint density at radius 1 is 1.17 bits per heavy atom. The van der Waals surface area contributed by atoms with Crippen LogP contribution in [-0.4, -0.2) is 80.4 Å². The van der Waals surface area contributed by atoms with Crippen molar-refractivity contribution in [1.82, 2.24) is 29.3 Å². The summed E-state index contributed by atoms with van der Waals surface area (Å²) >= 11 is 1.36. The van der Waals surface area contributed by atoms with Crippen molar-refractivity contribution < 1.29 is 9.53 Å². The highest BCUT2D eigenvalue weighted by Crippen LogP contribution is 2.17. The lowest BCUT2D eigenvalue weighted by atomic mass is 10.3. The number of carbonyl (C=O) groups excluding carboxylic acids is 1. The molecule has 0 radical (unpaired) electrons. The Hall–Kier alpha value is -2.49. The Morgan fingerprint density at radius 3 is 2.70 bits per heavy atom. The van der Waals surface area contributed by atoms with E-state index in [1.54, 1.807) is 18.5 Å². The highest BCUT2D eigenvalue weighted by atomic mass is 32.2. The predicted molar refractivity (Wildman–Crippen MR) is 116 cm³/mol. The fourth-order valence-corrected chi connectivity index (χ4v) is 4.17. The molecule has 1 amide bonds. The first-order chi connectivity index (χ1) is 14.7. The number of hydrogen-bond acceptors (Lipinski definition) is 7. The molecule has 0 N–H and O–H groups in total. The summed E-state index contributed by atoms with van der Waals surface area (Å²) in [5.41, 5.74) is 2.02. The summed E-state index contributed by atoms with van der Waals surface area (Å²) in [4.78, 5) is 30.5. The first-order valence-electron chi connectivity index (χ1n) is 10.1. The normalized spacial score (nSPS) is 14.8. The molecule has 1 aromatic carbocycles. The van der Waals surface area contributed by atoms with E-state index in [9.17, 15) is 4.79 Å². The van der Waals surface area contributed by atoms with E-state index >= 15 is 0 Å². The number of para-hydroxylation sites is 2. The summed E-state index contributed by atoms with van der Waals surface area (Å²) in [5, 5.41) is 0.613. The van der Waals surface area contributed by atoms with Gasteiger partial charge in [0.1, 0.15) is 5.82 Å². The molecule has 8 nitrogen and oxygen atoms in total. The van der Waals surface area contributed by atoms with E-state index in [0.717, 1.165) is 49.7 Å². The molecule has 0 aliphatic carbocycles. The Balaban J connectivity index is 1.46. The summed E-state index contributed by atoms with van der Waals surface area (Å²) in [6, 6.07) is 9.81. The van der Waals surface area contributed by atoms with Crippen molar-refractivity contribution in [2.45, 2.75) is 11.7 Å². The highest BCUT2D eigenvalue weighted by molar-refractivity contribution is 7.99. The third-order valence-electron chi connectivity index (χ3n) is 5.22. The molecule has 158 valence electrons. The summed E-state index contributed by atoms with van der Waals surface area (Å²) in [7, 11) is 2.00. The smallest absolute Gasteiger partial charge is 0.233 e. The van der Waals surface area contributed by atoms with Crippen LogP contribution in [0.15, 0.2) is 47.9 Å². The van der Waals surface area contributed by atoms with Crippen LogP contribution in [-0.2, 0) is 23.1 Å². The molecule has 9 heteroatoms. The minimum absolute atomic E-state index is 0.0627. The Morgan fingerprint density at radius 2 is 1.93 bits per heavy atom. The SMILES string of the molecule is Cn1c(CN(CCN2CCOCC2)C(=O)CSc2ncccn2)nc2ccccc21. The zero-order valence-corrected chi connectivity index (χ0v) is 17.9. The molecule has 3 aromatic rings. The summed E-state index contributed by atoms with van der Waals surface area (Å²) < 4.78 is 7.50. The van der Waals surface area contributed by atoms with Gasteiger partial charge in [0.2, 0.25) is 5.91 Å². The van der Waals surface area contributed by atoms with E-state index in [1.165, 1.54) is 11.8 Å². The molecule has 2 aromatic heterocycles. The summed E-state index contributed by atoms with van der Waals surface area (Å²) in [5.74, 6) is 1.25. The largest absolute Gasteiger partial charge is 0.379 e. The van der Waals surface area contributed by atoms with Crippen molar-refractivity contribution in [3.8, 4) is 0 Å². The van der Waals surface area contributed by atoms with Crippen molar-refractivity contribution in [2.75, 3.05) is 45.1 Å². The van der Waals surface area contributed by atoms with Gasteiger partial charge >= 0.3 is 0 Å². The molecule has 3 heterocycles. The van der Waals surface area contributed by atoms with Crippen LogP contribution in [0.1, 0.15) is 5.82 Å². The number of aryl methyl sites for hydroxylation is 1. The minimum atomic E-state index is 0.0627. The van der Waals surface area contributed by atoms with E-state index in [2.05, 4.69) is 19.4 Å². The fraction of sp³-hybridized carbons (Fsp3) is 0.429. The lowest BCUT2D eigenvalue weighted by Crippen LogP contribution is -2.43. The molecular weight excluding hydrogens is 400 g/mol. The number of rotatable bonds is 8. The molecule has 4 rings (SSSR count). The van der Waals surface area contributed by atoms with Crippen molar-refractivity contribution in [2.24, 2.45) is 7.05 Å². The average molecular weight is 427 g/mol. The van der Waals surface area contributed by atoms with Crippen LogP contribution >= 0.6 is 11.8 Å². The van der Waals surface area contributed by atoms with Crippen LogP contribution in [0.4, 0.5) is 0 Å². The summed E-state index contributed by atoms with van der Waals surface area (Å²) in [6.45, 7) is 5.26. The van der Waals surface area contributed by atoms with Crippen molar-refractivity contribution in [3.63, 3.8) is 0 Å². The molecule has 0 unspecified atom stereocenters. The number of morpholine rings is 1. The number of carbonyl (C=O) groups is 1. The van der Waals surface area contributed by atoms with Crippen LogP contribution < -0.4 is 0 Å². The molecule has 30 heavy (non-hydrogen) atoms. The maximum atomic E-state index is 13.1. The molecule has 0 saturated carbocycles. The minimum Gasteiger partial charge on any atom is -0.379 e. The van der Waals surface area contributed by atoms with Crippen LogP contribution in [0.2, 0.25) is 0 Å². The second-order valence-corrected chi connectivity index (χ2v) is 8.11. The van der Waals surface area contributed by atoms with Gasteiger partial charge in [-0.1, -0.05) is 23.9 Å². The van der Waals surface area contributed by atoms with Crippen LogP contribution in [0.5, 0.6) is 0 Å². The Bertz CT molecular complexity index is 974. The zero-order chi connectivity index (χ0) is 20.8. The predicted octanol–water partition coefficient (Wildman–Crippen LogP) is 1.82. The topological polar surface area (TPSA) is 76.4 Å². The van der Waals surface area contributed by atoms with Gasteiger partial charge in [0.05, 0.1) is 36.5 Å². The number of imidazole rings is 1. The molecule has 1 fully saturated rings. The van der Waals surface area contributed by atoms with Gasteiger partial charge in [-0.3, -0.25) is 9.69 Å². The Labute approximate surface area is 180 Å². The standard InChI is InChI=1S/C21H26N6O2S/c1-25-18-6-3-2-5-17(18)24-19(25)15-27(10-9-26-11-13-29-14-12-26)20(28)16-30-21-22-7-4-8-23-21/h2-8H,9-16H2,1H3. The van der Waals surface area contributed by atoms with E-state index < -0.39 is 0 Å². The van der Waals surface area contributed by atoms with Crippen LogP contribution in [0.3, 0.4) is 0 Å². The molecular formula is C21H26N6O2S. The molecule has 0 atom stereocenters. The second kappa shape index (κ2) is 10.0. The molecule has 0 spiro atoms. The third-order valence-corrected chi connectivity index (χ3v) is 6.08. The number of hydrogen-bond donors (Lipinski definition) is 0. The highest BCUT2D eigenvalue weighted by Gasteiger charge is 2.20. The van der Waals surface area contributed by atoms with Gasteiger partial charge in [-0.15, -0.1) is 0 Å². The number of benzene rings is 1. The lowest BCUT2D eigenvalue weighted by molar-refractivity contribution is -0.129. The Kier molecular flexibility index (Phi) is 6.93. The van der Waals surface area contributed by atoms with Crippen molar-refractivity contribution in [1.29, 1.82) is 0 Å². The molecule has 0 bridgehead atoms. The maximum Gasteiger partial charge on any atom is 0.233 e. The van der Waals surface area contributed by atoms with Gasteiger partial charge in [0, 0.05) is 45.6 Å². The second-order valence-electron chi connectivity index (χ2n) is 7.17. The lowest BCUT2D eigenvalue weighted by Gasteiger charge is -2.30. The zero-order valence-electron chi connectivity index (χ0n) is 17.1. The first kappa shape index (κ1) is 20.8. The van der Waals surface area contributed by atoms with E-state index in [0.29, 0.717) is 24.0 Å². The number of nitrogens with zero attached hydrogens (tertiary/aromatic N) is 6. The number of ether oxygens (including phenoxy) is 1. The quantitative estimate of drug-likeness (QED) is 0.402. The van der Waals surface area contributed by atoms with E-state index in [1.807, 2.05) is 36.2 Å². The van der Waals surface area contributed by atoms with Gasteiger partial charge < -0.3 is 14.2 Å². The number of fused-ring (bicyclic) bond motifs is 1. The fourth-order valence-electron chi connectivity index (χ4n) is 3.46.